The summed E-state index contributed by atoms with van der Waals surface area (Å²) in [6.45, 7) is 2.63. The number of rotatable bonds is 8. The monoisotopic (exact) mass is 490 g/mol. The van der Waals surface area contributed by atoms with Crippen molar-refractivity contribution in [1.82, 2.24) is 4.90 Å². The molecule has 1 N–H and O–H groups in total. The molecule has 8 nitrogen and oxygen atoms in total. The molecule has 2 amide bonds. The van der Waals surface area contributed by atoms with Gasteiger partial charge in [0.25, 0.3) is 11.8 Å². The minimum atomic E-state index is -0.615. The topological polar surface area (TPSA) is 86.3 Å². The first-order chi connectivity index (χ1) is 17.4. The average Bonchev–Trinajstić information content (AvgIpc) is 3.02. The average molecular weight is 491 g/mol. The van der Waals surface area contributed by atoms with E-state index in [-0.39, 0.29) is 11.8 Å². The smallest absolute Gasteiger partial charge is 0.263 e. The zero-order chi connectivity index (χ0) is 25.7. The van der Waals surface area contributed by atoms with Crippen LogP contribution in [0.25, 0.3) is 0 Å². The van der Waals surface area contributed by atoms with Gasteiger partial charge in [0.2, 0.25) is 0 Å². The number of nitrogens with one attached hydrogen (secondary N) is 1. The summed E-state index contributed by atoms with van der Waals surface area (Å²) in [5.41, 5.74) is 2.88. The standard InChI is InChI=1S/C28H30N2O6/c1-18-28(32)30(14-13-19-7-5-6-8-23(19)33-2)17-21-15-22(10-12-24(21)36-18)29-27(31)20-9-11-25(34-3)26(16-20)35-4/h5-12,15-16,18H,13-14,17H2,1-4H3,(H,29,31). The molecule has 0 bridgehead atoms. The molecular formula is C28H30N2O6. The lowest BCUT2D eigenvalue weighted by molar-refractivity contribution is -0.137. The van der Waals surface area contributed by atoms with Gasteiger partial charge < -0.3 is 29.2 Å². The predicted octanol–water partition coefficient (Wildman–Crippen LogP) is 4.32. The molecule has 1 aliphatic rings. The highest BCUT2D eigenvalue weighted by molar-refractivity contribution is 6.04. The van der Waals surface area contributed by atoms with E-state index < -0.39 is 6.10 Å². The quantitative estimate of drug-likeness (QED) is 0.506. The predicted molar refractivity (Wildman–Crippen MR) is 136 cm³/mol. The number of nitrogens with zero attached hydrogens (tertiary/aromatic N) is 1. The third-order valence-electron chi connectivity index (χ3n) is 6.13. The largest absolute Gasteiger partial charge is 0.496 e. The van der Waals surface area contributed by atoms with Crippen LogP contribution in [0.1, 0.15) is 28.4 Å². The van der Waals surface area contributed by atoms with Gasteiger partial charge in [-0.05, 0) is 61.4 Å². The number of ether oxygens (including phenoxy) is 4. The van der Waals surface area contributed by atoms with E-state index in [4.69, 9.17) is 18.9 Å². The number of anilines is 1. The van der Waals surface area contributed by atoms with Crippen molar-refractivity contribution in [2.24, 2.45) is 0 Å². The number of hydrogen-bond donors (Lipinski definition) is 1. The van der Waals surface area contributed by atoms with E-state index in [0.29, 0.717) is 48.0 Å². The molecule has 3 aromatic rings. The summed E-state index contributed by atoms with van der Waals surface area (Å²) in [5, 5.41) is 2.92. The van der Waals surface area contributed by atoms with Crippen molar-refractivity contribution >= 4 is 17.5 Å². The summed E-state index contributed by atoms with van der Waals surface area (Å²) in [7, 11) is 4.70. The van der Waals surface area contributed by atoms with Gasteiger partial charge in [-0.2, -0.15) is 0 Å². The van der Waals surface area contributed by atoms with Crippen LogP contribution in [0.5, 0.6) is 23.0 Å². The first-order valence-corrected chi connectivity index (χ1v) is 11.7. The number of carbonyl (C=O) groups excluding carboxylic acids is 2. The summed E-state index contributed by atoms with van der Waals surface area (Å²) in [4.78, 5) is 27.7. The molecule has 3 aromatic carbocycles. The van der Waals surface area contributed by atoms with Crippen LogP contribution in [-0.4, -0.2) is 50.7 Å². The molecule has 36 heavy (non-hydrogen) atoms. The van der Waals surface area contributed by atoms with Gasteiger partial charge in [-0.3, -0.25) is 9.59 Å². The minimum absolute atomic E-state index is 0.0861. The summed E-state index contributed by atoms with van der Waals surface area (Å²) in [6.07, 6.45) is 0.0317. The fourth-order valence-electron chi connectivity index (χ4n) is 4.21. The second-order valence-corrected chi connectivity index (χ2v) is 8.43. The number of fused-ring (bicyclic) bond motifs is 1. The van der Waals surface area contributed by atoms with Crippen LogP contribution in [0.3, 0.4) is 0 Å². The Morgan fingerprint density at radius 2 is 1.72 bits per heavy atom. The molecule has 0 aromatic heterocycles. The molecule has 0 saturated carbocycles. The highest BCUT2D eigenvalue weighted by atomic mass is 16.5. The zero-order valence-electron chi connectivity index (χ0n) is 20.9. The van der Waals surface area contributed by atoms with E-state index in [9.17, 15) is 9.59 Å². The SMILES string of the molecule is COc1ccccc1CCN1Cc2cc(NC(=O)c3ccc(OC)c(OC)c3)ccc2OC(C)C1=O. The van der Waals surface area contributed by atoms with Crippen molar-refractivity contribution < 1.29 is 28.5 Å². The third kappa shape index (κ3) is 5.38. The molecular weight excluding hydrogens is 460 g/mol. The van der Waals surface area contributed by atoms with Crippen LogP contribution in [0.2, 0.25) is 0 Å². The van der Waals surface area contributed by atoms with E-state index in [2.05, 4.69) is 5.32 Å². The number of carbonyl (C=O) groups is 2. The molecule has 0 radical (unpaired) electrons. The highest BCUT2D eigenvalue weighted by Crippen LogP contribution is 2.31. The fourth-order valence-corrected chi connectivity index (χ4v) is 4.21. The van der Waals surface area contributed by atoms with Gasteiger partial charge >= 0.3 is 0 Å². The summed E-state index contributed by atoms with van der Waals surface area (Å²) in [5.74, 6) is 2.06. The van der Waals surface area contributed by atoms with Crippen molar-refractivity contribution in [2.75, 3.05) is 33.2 Å². The molecule has 8 heteroatoms. The molecule has 0 aliphatic carbocycles. The zero-order valence-corrected chi connectivity index (χ0v) is 20.9. The fraction of sp³-hybridized carbons (Fsp3) is 0.286. The van der Waals surface area contributed by atoms with E-state index >= 15 is 0 Å². The van der Waals surface area contributed by atoms with Crippen LogP contribution in [0, 0.1) is 0 Å². The molecule has 0 fully saturated rings. The molecule has 4 rings (SSSR count). The van der Waals surface area contributed by atoms with Crippen LogP contribution >= 0.6 is 0 Å². The minimum Gasteiger partial charge on any atom is -0.496 e. The third-order valence-corrected chi connectivity index (χ3v) is 6.13. The maximum atomic E-state index is 13.0. The molecule has 0 saturated heterocycles. The van der Waals surface area contributed by atoms with Crippen LogP contribution < -0.4 is 24.3 Å². The second-order valence-electron chi connectivity index (χ2n) is 8.43. The first kappa shape index (κ1) is 24.9. The van der Waals surface area contributed by atoms with E-state index in [1.54, 1.807) is 56.4 Å². The van der Waals surface area contributed by atoms with Gasteiger partial charge in [-0.15, -0.1) is 0 Å². The molecule has 1 aliphatic heterocycles. The van der Waals surface area contributed by atoms with Crippen molar-refractivity contribution in [3.63, 3.8) is 0 Å². The van der Waals surface area contributed by atoms with Crippen molar-refractivity contribution in [1.29, 1.82) is 0 Å². The van der Waals surface area contributed by atoms with Gasteiger partial charge in [-0.1, -0.05) is 18.2 Å². The van der Waals surface area contributed by atoms with Gasteiger partial charge in [0.1, 0.15) is 11.5 Å². The second kappa shape index (κ2) is 11.0. The Hall–Kier alpha value is -4.20. The van der Waals surface area contributed by atoms with Gasteiger partial charge in [0.05, 0.1) is 21.3 Å². The molecule has 188 valence electrons. The maximum absolute atomic E-state index is 13.0. The number of methoxy groups -OCH3 is 3. The Balaban J connectivity index is 1.52. The highest BCUT2D eigenvalue weighted by Gasteiger charge is 2.28. The lowest BCUT2D eigenvalue weighted by Crippen LogP contribution is -2.39. The van der Waals surface area contributed by atoms with Gasteiger partial charge in [0.15, 0.2) is 17.6 Å². The van der Waals surface area contributed by atoms with Crippen LogP contribution in [0.15, 0.2) is 60.7 Å². The number of benzene rings is 3. The number of para-hydroxylation sites is 1. The first-order valence-electron chi connectivity index (χ1n) is 11.7. The maximum Gasteiger partial charge on any atom is 0.263 e. The van der Waals surface area contributed by atoms with Crippen molar-refractivity contribution in [3.8, 4) is 23.0 Å². The lowest BCUT2D eigenvalue weighted by Gasteiger charge is -2.22. The Labute approximate surface area is 210 Å². The molecule has 0 spiro atoms. The van der Waals surface area contributed by atoms with Crippen molar-refractivity contribution in [2.45, 2.75) is 26.0 Å². The molecule has 1 heterocycles. The number of amides is 2. The Morgan fingerprint density at radius 3 is 2.47 bits per heavy atom. The van der Waals surface area contributed by atoms with E-state index in [1.165, 1.54) is 7.11 Å². The van der Waals surface area contributed by atoms with Crippen LogP contribution in [-0.2, 0) is 17.8 Å². The van der Waals surface area contributed by atoms with Crippen LogP contribution in [0.4, 0.5) is 5.69 Å². The van der Waals surface area contributed by atoms with Crippen molar-refractivity contribution in [3.05, 3.63) is 77.4 Å². The van der Waals surface area contributed by atoms with Gasteiger partial charge in [-0.25, -0.2) is 0 Å². The normalized spacial score (nSPS) is 14.8. The Kier molecular flexibility index (Phi) is 7.63. The van der Waals surface area contributed by atoms with E-state index in [0.717, 1.165) is 16.9 Å². The summed E-state index contributed by atoms with van der Waals surface area (Å²) >= 11 is 0. The summed E-state index contributed by atoms with van der Waals surface area (Å²) < 4.78 is 21.9. The Bertz CT molecular complexity index is 1260. The molecule has 1 atom stereocenters. The number of hydrogen-bond acceptors (Lipinski definition) is 6. The lowest BCUT2D eigenvalue weighted by atomic mass is 10.1. The summed E-state index contributed by atoms with van der Waals surface area (Å²) in [6, 6.07) is 18.2. The molecule has 1 unspecified atom stereocenters. The van der Waals surface area contributed by atoms with Gasteiger partial charge in [0, 0.05) is 29.9 Å². The van der Waals surface area contributed by atoms with E-state index in [1.807, 2.05) is 30.3 Å². The Morgan fingerprint density at radius 1 is 0.972 bits per heavy atom.